The average Bonchev–Trinajstić information content (AvgIpc) is 2.57. The van der Waals surface area contributed by atoms with E-state index in [-0.39, 0.29) is 36.5 Å². The number of carbonyl (C=O) groups is 2. The summed E-state index contributed by atoms with van der Waals surface area (Å²) in [5, 5.41) is 3.41. The van der Waals surface area contributed by atoms with E-state index in [2.05, 4.69) is 24.1 Å². The quantitative estimate of drug-likeness (QED) is 0.880. The monoisotopic (exact) mass is 365 g/mol. The lowest BCUT2D eigenvalue weighted by molar-refractivity contribution is -0.146. The highest BCUT2D eigenvalue weighted by Gasteiger charge is 2.38. The Morgan fingerprint density at radius 1 is 1.40 bits per heavy atom. The van der Waals surface area contributed by atoms with Gasteiger partial charge in [0.25, 0.3) is 0 Å². The SMILES string of the molecule is CC1(C)COC(c2ccccc2Cl)CN1CC(=O)N1CCNC(=O)C1. The number of benzene rings is 1. The fourth-order valence-electron chi connectivity index (χ4n) is 3.21. The van der Waals surface area contributed by atoms with Crippen molar-refractivity contribution in [1.82, 2.24) is 15.1 Å². The second kappa shape index (κ2) is 7.32. The van der Waals surface area contributed by atoms with Crippen LogP contribution < -0.4 is 5.32 Å². The number of piperazine rings is 1. The summed E-state index contributed by atoms with van der Waals surface area (Å²) in [6.07, 6.45) is -0.167. The molecule has 2 fully saturated rings. The van der Waals surface area contributed by atoms with Gasteiger partial charge >= 0.3 is 0 Å². The molecule has 0 aliphatic carbocycles. The maximum atomic E-state index is 12.6. The Bertz CT molecular complexity index is 665. The maximum absolute atomic E-state index is 12.6. The first-order valence-electron chi connectivity index (χ1n) is 8.52. The van der Waals surface area contributed by atoms with Crippen LogP contribution in [-0.4, -0.2) is 66.5 Å². The van der Waals surface area contributed by atoms with Crippen molar-refractivity contribution < 1.29 is 14.3 Å². The lowest BCUT2D eigenvalue weighted by Gasteiger charge is -2.45. The number of hydrogen-bond donors (Lipinski definition) is 1. The summed E-state index contributed by atoms with van der Waals surface area (Å²) in [4.78, 5) is 27.9. The molecule has 0 bridgehead atoms. The average molecular weight is 366 g/mol. The number of amides is 2. The Hall–Kier alpha value is -1.63. The topological polar surface area (TPSA) is 61.9 Å². The molecule has 1 aromatic carbocycles. The Balaban J connectivity index is 1.70. The first-order valence-corrected chi connectivity index (χ1v) is 8.90. The molecule has 1 atom stereocenters. The highest BCUT2D eigenvalue weighted by molar-refractivity contribution is 6.31. The summed E-state index contributed by atoms with van der Waals surface area (Å²) >= 11 is 6.30. The summed E-state index contributed by atoms with van der Waals surface area (Å²) in [5.41, 5.74) is 0.681. The van der Waals surface area contributed by atoms with E-state index in [1.54, 1.807) is 4.90 Å². The fourth-order valence-corrected chi connectivity index (χ4v) is 3.47. The molecule has 0 aromatic heterocycles. The van der Waals surface area contributed by atoms with Crippen LogP contribution in [-0.2, 0) is 14.3 Å². The van der Waals surface area contributed by atoms with Crippen LogP contribution in [0.5, 0.6) is 0 Å². The predicted molar refractivity (Wildman–Crippen MR) is 95.4 cm³/mol. The molecular formula is C18H24ClN3O3. The minimum atomic E-state index is -0.258. The van der Waals surface area contributed by atoms with Crippen LogP contribution >= 0.6 is 11.6 Å². The van der Waals surface area contributed by atoms with Crippen molar-refractivity contribution in [2.75, 3.05) is 39.3 Å². The zero-order chi connectivity index (χ0) is 18.0. The van der Waals surface area contributed by atoms with E-state index < -0.39 is 0 Å². The molecule has 2 amide bonds. The maximum Gasteiger partial charge on any atom is 0.239 e. The van der Waals surface area contributed by atoms with Gasteiger partial charge in [0.15, 0.2) is 0 Å². The van der Waals surface area contributed by atoms with E-state index in [4.69, 9.17) is 16.3 Å². The third-order valence-corrected chi connectivity index (χ3v) is 5.19. The van der Waals surface area contributed by atoms with Gasteiger partial charge in [-0.15, -0.1) is 0 Å². The minimum absolute atomic E-state index is 0.0252. The Kier molecular flexibility index (Phi) is 5.32. The van der Waals surface area contributed by atoms with E-state index >= 15 is 0 Å². The normalized spacial score (nSPS) is 24.0. The lowest BCUT2D eigenvalue weighted by atomic mass is 9.98. The van der Waals surface area contributed by atoms with Gasteiger partial charge in [0, 0.05) is 35.8 Å². The first kappa shape index (κ1) is 18.2. The molecular weight excluding hydrogens is 342 g/mol. The number of nitrogens with one attached hydrogen (secondary N) is 1. The van der Waals surface area contributed by atoms with Gasteiger partial charge in [-0.3, -0.25) is 14.5 Å². The molecule has 3 rings (SSSR count). The van der Waals surface area contributed by atoms with Crippen molar-refractivity contribution in [2.45, 2.75) is 25.5 Å². The molecule has 2 heterocycles. The number of nitrogens with zero attached hydrogens (tertiary/aromatic N) is 2. The van der Waals surface area contributed by atoms with Crippen molar-refractivity contribution >= 4 is 23.4 Å². The number of carbonyl (C=O) groups excluding carboxylic acids is 2. The van der Waals surface area contributed by atoms with Gasteiger partial charge < -0.3 is 15.0 Å². The second-order valence-corrected chi connectivity index (χ2v) is 7.59. The van der Waals surface area contributed by atoms with Crippen molar-refractivity contribution in [1.29, 1.82) is 0 Å². The molecule has 1 N–H and O–H groups in total. The zero-order valence-corrected chi connectivity index (χ0v) is 15.4. The van der Waals surface area contributed by atoms with E-state index in [1.165, 1.54) is 0 Å². The number of halogens is 1. The molecule has 2 aliphatic rings. The molecule has 1 aromatic rings. The van der Waals surface area contributed by atoms with Gasteiger partial charge in [0.2, 0.25) is 11.8 Å². The molecule has 0 radical (unpaired) electrons. The summed E-state index contributed by atoms with van der Waals surface area (Å²) < 4.78 is 6.02. The van der Waals surface area contributed by atoms with Gasteiger partial charge in [-0.05, 0) is 19.9 Å². The number of rotatable bonds is 3. The van der Waals surface area contributed by atoms with Crippen LogP contribution in [0.3, 0.4) is 0 Å². The van der Waals surface area contributed by atoms with Crippen molar-refractivity contribution in [2.24, 2.45) is 0 Å². The van der Waals surface area contributed by atoms with Crippen molar-refractivity contribution in [3.8, 4) is 0 Å². The second-order valence-electron chi connectivity index (χ2n) is 7.18. The van der Waals surface area contributed by atoms with Crippen molar-refractivity contribution in [3.63, 3.8) is 0 Å². The van der Waals surface area contributed by atoms with Crippen molar-refractivity contribution in [3.05, 3.63) is 34.9 Å². The molecule has 2 saturated heterocycles. The van der Waals surface area contributed by atoms with Gasteiger partial charge in [-0.2, -0.15) is 0 Å². The largest absolute Gasteiger partial charge is 0.370 e. The molecule has 2 aliphatic heterocycles. The third kappa shape index (κ3) is 4.14. The Morgan fingerprint density at radius 2 is 2.16 bits per heavy atom. The number of hydrogen-bond acceptors (Lipinski definition) is 4. The van der Waals surface area contributed by atoms with Crippen LogP contribution in [0.15, 0.2) is 24.3 Å². The Morgan fingerprint density at radius 3 is 2.88 bits per heavy atom. The highest BCUT2D eigenvalue weighted by Crippen LogP contribution is 2.33. The summed E-state index contributed by atoms with van der Waals surface area (Å²) in [5.74, 6) is -0.127. The Labute approximate surface area is 153 Å². The molecule has 0 spiro atoms. The van der Waals surface area contributed by atoms with Crippen LogP contribution in [0.1, 0.15) is 25.5 Å². The first-order chi connectivity index (χ1) is 11.9. The molecule has 25 heavy (non-hydrogen) atoms. The molecule has 0 saturated carbocycles. The van der Waals surface area contributed by atoms with Crippen LogP contribution in [0.25, 0.3) is 0 Å². The van der Waals surface area contributed by atoms with Gasteiger partial charge in [0.1, 0.15) is 0 Å². The standard InChI is InChI=1S/C18H24ClN3O3/c1-18(2)12-25-15(13-5-3-4-6-14(13)19)9-22(18)11-17(24)21-8-7-20-16(23)10-21/h3-6,15H,7-12H2,1-2H3,(H,20,23). The van der Waals surface area contributed by atoms with Gasteiger partial charge in [0.05, 0.1) is 25.8 Å². The van der Waals surface area contributed by atoms with Crippen LogP contribution in [0.4, 0.5) is 0 Å². The highest BCUT2D eigenvalue weighted by atomic mass is 35.5. The molecule has 136 valence electrons. The third-order valence-electron chi connectivity index (χ3n) is 4.85. The summed E-state index contributed by atoms with van der Waals surface area (Å²) in [6, 6.07) is 7.63. The molecule has 7 heteroatoms. The van der Waals surface area contributed by atoms with E-state index in [0.29, 0.717) is 31.3 Å². The van der Waals surface area contributed by atoms with Crippen LogP contribution in [0, 0.1) is 0 Å². The van der Waals surface area contributed by atoms with E-state index in [0.717, 1.165) is 5.56 Å². The van der Waals surface area contributed by atoms with Gasteiger partial charge in [-0.25, -0.2) is 0 Å². The van der Waals surface area contributed by atoms with Crippen LogP contribution in [0.2, 0.25) is 5.02 Å². The predicted octanol–water partition coefficient (Wildman–Crippen LogP) is 1.45. The van der Waals surface area contributed by atoms with E-state index in [1.807, 2.05) is 24.3 Å². The number of ether oxygens (including phenoxy) is 1. The summed E-state index contributed by atoms with van der Waals surface area (Å²) in [7, 11) is 0. The van der Waals surface area contributed by atoms with E-state index in [9.17, 15) is 9.59 Å². The zero-order valence-electron chi connectivity index (χ0n) is 14.6. The summed E-state index contributed by atoms with van der Waals surface area (Å²) in [6.45, 7) is 6.70. The minimum Gasteiger partial charge on any atom is -0.370 e. The van der Waals surface area contributed by atoms with Gasteiger partial charge in [-0.1, -0.05) is 29.8 Å². The molecule has 1 unspecified atom stereocenters. The molecule has 6 nitrogen and oxygen atoms in total. The number of morpholine rings is 1. The fraction of sp³-hybridized carbons (Fsp3) is 0.556. The smallest absolute Gasteiger partial charge is 0.239 e. The lowest BCUT2D eigenvalue weighted by Crippen LogP contribution is -2.58.